The number of carbonyl (C=O) groups is 1. The number of hydrogen-bond donors (Lipinski definition) is 1. The molecule has 0 atom stereocenters. The van der Waals surface area contributed by atoms with Gasteiger partial charge in [-0.3, -0.25) is 4.79 Å². The van der Waals surface area contributed by atoms with Crippen molar-refractivity contribution < 1.29 is 19.0 Å². The number of methoxy groups -OCH3 is 3. The Bertz CT molecular complexity index is 1260. The fraction of sp³-hybridized carbons (Fsp3) is 0.125. The Morgan fingerprint density at radius 2 is 1.61 bits per heavy atom. The number of hydrogen-bond acceptors (Lipinski definition) is 7. The molecule has 0 aliphatic rings. The van der Waals surface area contributed by atoms with Crippen molar-refractivity contribution in [2.75, 3.05) is 26.6 Å². The molecule has 7 heteroatoms. The first-order valence-electron chi connectivity index (χ1n) is 9.57. The highest BCUT2D eigenvalue weighted by molar-refractivity contribution is 6.08. The third kappa shape index (κ3) is 4.11. The van der Waals surface area contributed by atoms with E-state index < -0.39 is 0 Å². The van der Waals surface area contributed by atoms with Crippen LogP contribution in [0.2, 0.25) is 0 Å². The van der Waals surface area contributed by atoms with Gasteiger partial charge in [-0.2, -0.15) is 0 Å². The quantitative estimate of drug-likeness (QED) is 0.441. The molecule has 0 amide bonds. The first kappa shape index (κ1) is 20.2. The highest BCUT2D eigenvalue weighted by Crippen LogP contribution is 2.32. The number of fused-ring (bicyclic) bond motifs is 1. The molecule has 0 aliphatic heterocycles. The van der Waals surface area contributed by atoms with Gasteiger partial charge in [0.05, 0.1) is 26.8 Å². The molecule has 3 aromatic carbocycles. The van der Waals surface area contributed by atoms with Crippen molar-refractivity contribution in [3.63, 3.8) is 0 Å². The zero-order valence-corrected chi connectivity index (χ0v) is 17.4. The summed E-state index contributed by atoms with van der Waals surface area (Å²) in [6, 6.07) is 19.9. The number of carbonyl (C=O) groups excluding carboxylic acids is 1. The minimum Gasteiger partial charge on any atom is -0.497 e. The van der Waals surface area contributed by atoms with E-state index in [9.17, 15) is 4.79 Å². The molecule has 7 nitrogen and oxygen atoms in total. The normalized spacial score (nSPS) is 10.5. The average molecular weight is 415 g/mol. The highest BCUT2D eigenvalue weighted by atomic mass is 16.5. The van der Waals surface area contributed by atoms with Gasteiger partial charge in [-0.25, -0.2) is 9.97 Å². The van der Waals surface area contributed by atoms with E-state index in [2.05, 4.69) is 15.3 Å². The van der Waals surface area contributed by atoms with Gasteiger partial charge in [0.15, 0.2) is 11.5 Å². The zero-order valence-electron chi connectivity index (χ0n) is 17.4. The molecule has 1 aromatic heterocycles. The molecule has 0 aliphatic carbocycles. The second kappa shape index (κ2) is 8.71. The van der Waals surface area contributed by atoms with Crippen molar-refractivity contribution in [3.8, 4) is 17.2 Å². The number of rotatable bonds is 7. The summed E-state index contributed by atoms with van der Waals surface area (Å²) < 4.78 is 15.9. The van der Waals surface area contributed by atoms with Crippen molar-refractivity contribution in [3.05, 3.63) is 78.1 Å². The monoisotopic (exact) mass is 415 g/mol. The summed E-state index contributed by atoms with van der Waals surface area (Å²) in [6.45, 7) is 0. The predicted octanol–water partition coefficient (Wildman–Crippen LogP) is 4.63. The lowest BCUT2D eigenvalue weighted by Gasteiger charge is -2.13. The molecule has 4 aromatic rings. The molecule has 0 unspecified atom stereocenters. The van der Waals surface area contributed by atoms with E-state index in [4.69, 9.17) is 14.2 Å². The first-order chi connectivity index (χ1) is 15.1. The average Bonchev–Trinajstić information content (AvgIpc) is 2.83. The third-order valence-corrected chi connectivity index (χ3v) is 4.78. The number of nitrogens with one attached hydrogen (secondary N) is 1. The number of nitrogens with zero attached hydrogens (tertiary/aromatic N) is 2. The molecule has 0 bridgehead atoms. The summed E-state index contributed by atoms with van der Waals surface area (Å²) in [5.41, 5.74) is 1.85. The van der Waals surface area contributed by atoms with E-state index in [1.165, 1.54) is 0 Å². The topological polar surface area (TPSA) is 82.6 Å². The highest BCUT2D eigenvalue weighted by Gasteiger charge is 2.17. The van der Waals surface area contributed by atoms with Gasteiger partial charge in [0, 0.05) is 22.7 Å². The fourth-order valence-electron chi connectivity index (χ4n) is 3.22. The van der Waals surface area contributed by atoms with Gasteiger partial charge in [-0.15, -0.1) is 0 Å². The molecule has 1 N–H and O–H groups in total. The smallest absolute Gasteiger partial charge is 0.230 e. The predicted molar refractivity (Wildman–Crippen MR) is 119 cm³/mol. The van der Waals surface area contributed by atoms with Gasteiger partial charge in [0.25, 0.3) is 0 Å². The number of anilines is 2. The van der Waals surface area contributed by atoms with Crippen LogP contribution in [-0.4, -0.2) is 37.1 Å². The maximum Gasteiger partial charge on any atom is 0.230 e. The summed E-state index contributed by atoms with van der Waals surface area (Å²) in [7, 11) is 4.72. The van der Waals surface area contributed by atoms with Crippen LogP contribution in [0.4, 0.5) is 11.5 Å². The summed E-state index contributed by atoms with van der Waals surface area (Å²) in [5.74, 6) is 2.11. The second-order valence-corrected chi connectivity index (χ2v) is 6.67. The van der Waals surface area contributed by atoms with Crippen LogP contribution < -0.4 is 19.5 Å². The third-order valence-electron chi connectivity index (χ3n) is 4.78. The summed E-state index contributed by atoms with van der Waals surface area (Å²) in [5, 5.41) is 4.07. The number of para-hydroxylation sites is 1. The summed E-state index contributed by atoms with van der Waals surface area (Å²) >= 11 is 0. The Balaban J connectivity index is 1.77. The lowest BCUT2D eigenvalue weighted by Crippen LogP contribution is -2.10. The largest absolute Gasteiger partial charge is 0.497 e. The van der Waals surface area contributed by atoms with Gasteiger partial charge >= 0.3 is 0 Å². The van der Waals surface area contributed by atoms with Crippen molar-refractivity contribution in [2.45, 2.75) is 0 Å². The van der Waals surface area contributed by atoms with E-state index >= 15 is 0 Å². The van der Waals surface area contributed by atoms with Crippen LogP contribution in [0.1, 0.15) is 16.2 Å². The Morgan fingerprint density at radius 3 is 2.39 bits per heavy atom. The molecule has 156 valence electrons. The van der Waals surface area contributed by atoms with Gasteiger partial charge in [-0.1, -0.05) is 24.3 Å². The minimum absolute atomic E-state index is 0.0925. The summed E-state index contributed by atoms with van der Waals surface area (Å²) in [6.07, 6.45) is 0. The lowest BCUT2D eigenvalue weighted by atomic mass is 10.1. The lowest BCUT2D eigenvalue weighted by molar-refractivity contribution is 0.102. The van der Waals surface area contributed by atoms with Gasteiger partial charge in [0.1, 0.15) is 11.6 Å². The van der Waals surface area contributed by atoms with Gasteiger partial charge < -0.3 is 19.5 Å². The number of aromatic nitrogens is 2. The van der Waals surface area contributed by atoms with E-state index in [1.54, 1.807) is 57.7 Å². The first-order valence-corrected chi connectivity index (χ1v) is 9.57. The Morgan fingerprint density at radius 1 is 0.806 bits per heavy atom. The van der Waals surface area contributed by atoms with Crippen molar-refractivity contribution in [1.29, 1.82) is 0 Å². The van der Waals surface area contributed by atoms with E-state index in [0.29, 0.717) is 34.1 Å². The molecule has 1 heterocycles. The Hall–Kier alpha value is -4.13. The second-order valence-electron chi connectivity index (χ2n) is 6.67. The fourth-order valence-corrected chi connectivity index (χ4v) is 3.22. The van der Waals surface area contributed by atoms with E-state index in [0.717, 1.165) is 11.1 Å². The van der Waals surface area contributed by atoms with Crippen molar-refractivity contribution in [1.82, 2.24) is 9.97 Å². The van der Waals surface area contributed by atoms with Crippen LogP contribution >= 0.6 is 0 Å². The molecule has 0 radical (unpaired) electrons. The standard InChI is InChI=1S/C24H21N3O4/c1-29-17-8-6-7-15(13-17)22(28)24-26-19-10-5-4-9-18(19)23(27-24)25-16-11-12-20(30-2)21(14-16)31-3/h4-14H,1-3H3,(H,25,26,27). The van der Waals surface area contributed by atoms with Crippen molar-refractivity contribution >= 4 is 28.2 Å². The van der Waals surface area contributed by atoms with Gasteiger partial charge in [-0.05, 0) is 36.4 Å². The maximum atomic E-state index is 13.1. The van der Waals surface area contributed by atoms with Crippen LogP contribution in [0.25, 0.3) is 10.9 Å². The Kier molecular flexibility index (Phi) is 5.66. The van der Waals surface area contributed by atoms with Gasteiger partial charge in [0.2, 0.25) is 11.6 Å². The molecule has 4 rings (SSSR count). The Labute approximate surface area is 179 Å². The van der Waals surface area contributed by atoms with E-state index in [1.807, 2.05) is 30.3 Å². The molecular weight excluding hydrogens is 394 g/mol. The summed E-state index contributed by atoms with van der Waals surface area (Å²) in [4.78, 5) is 22.1. The van der Waals surface area contributed by atoms with Crippen LogP contribution in [0.3, 0.4) is 0 Å². The molecule has 0 spiro atoms. The zero-order chi connectivity index (χ0) is 21.8. The molecular formula is C24H21N3O4. The molecule has 0 saturated heterocycles. The molecule has 0 saturated carbocycles. The molecule has 31 heavy (non-hydrogen) atoms. The number of benzene rings is 3. The molecule has 0 fully saturated rings. The van der Waals surface area contributed by atoms with Crippen LogP contribution in [0.5, 0.6) is 17.2 Å². The van der Waals surface area contributed by atoms with Crippen LogP contribution in [0, 0.1) is 0 Å². The van der Waals surface area contributed by atoms with Crippen LogP contribution in [-0.2, 0) is 0 Å². The SMILES string of the molecule is COc1cccc(C(=O)c2nc(Nc3ccc(OC)c(OC)c3)c3ccccc3n2)c1. The minimum atomic E-state index is -0.292. The van der Waals surface area contributed by atoms with E-state index in [-0.39, 0.29) is 11.6 Å². The van der Waals surface area contributed by atoms with Crippen molar-refractivity contribution in [2.24, 2.45) is 0 Å². The number of ketones is 1. The number of ether oxygens (including phenoxy) is 3. The van der Waals surface area contributed by atoms with Crippen LogP contribution in [0.15, 0.2) is 66.7 Å². The maximum absolute atomic E-state index is 13.1.